The summed E-state index contributed by atoms with van der Waals surface area (Å²) in [7, 11) is -2.32. The number of rotatable bonds is 5. The fourth-order valence-corrected chi connectivity index (χ4v) is 2.86. The van der Waals surface area contributed by atoms with Gasteiger partial charge < -0.3 is 0 Å². The third-order valence-electron chi connectivity index (χ3n) is 3.17. The van der Waals surface area contributed by atoms with E-state index in [9.17, 15) is 17.6 Å². The van der Waals surface area contributed by atoms with Crippen molar-refractivity contribution in [3.05, 3.63) is 46.6 Å². The molecule has 1 heterocycles. The summed E-state index contributed by atoms with van der Waals surface area (Å²) in [4.78, 5) is 11.1. The maximum absolute atomic E-state index is 14.1. The first-order chi connectivity index (χ1) is 10.2. The first kappa shape index (κ1) is 16.2. The van der Waals surface area contributed by atoms with Crippen molar-refractivity contribution in [1.82, 2.24) is 14.1 Å². The van der Waals surface area contributed by atoms with E-state index >= 15 is 0 Å². The van der Waals surface area contributed by atoms with Crippen LogP contribution in [0, 0.1) is 5.82 Å². The summed E-state index contributed by atoms with van der Waals surface area (Å²) in [6.07, 6.45) is 1.39. The third-order valence-corrected chi connectivity index (χ3v) is 4.84. The molecule has 2 rings (SSSR count). The van der Waals surface area contributed by atoms with Gasteiger partial charge in [0.05, 0.1) is 11.4 Å². The molecule has 2 N–H and O–H groups in total. The average Bonchev–Trinajstić information content (AvgIpc) is 2.83. The molecule has 0 aliphatic rings. The van der Waals surface area contributed by atoms with Crippen LogP contribution in [-0.4, -0.2) is 35.6 Å². The number of aromatic amines is 1. The number of aromatic nitrogens is 2. The number of nitrogens with one attached hydrogen (secondary N) is 2. The predicted octanol–water partition coefficient (Wildman–Crippen LogP) is 1.30. The number of H-pyrrole nitrogens is 1. The lowest BCUT2D eigenvalue weighted by Gasteiger charge is -2.21. The Morgan fingerprint density at radius 2 is 2.00 bits per heavy atom. The molecule has 1 aromatic carbocycles. The molecule has 120 valence electrons. The molecule has 2 aromatic rings. The number of hydrogen-bond acceptors (Lipinski definition) is 3. The average molecular weight is 328 g/mol. The van der Waals surface area contributed by atoms with Gasteiger partial charge in [-0.1, -0.05) is 0 Å². The first-order valence-electron chi connectivity index (χ1n) is 6.54. The molecular formula is C13H17FN4O3S. The van der Waals surface area contributed by atoms with Crippen LogP contribution in [-0.2, 0) is 10.2 Å². The van der Waals surface area contributed by atoms with Crippen LogP contribution < -0.4 is 10.3 Å². The van der Waals surface area contributed by atoms with Gasteiger partial charge in [0.15, 0.2) is 5.82 Å². The normalized spacial score (nSPS) is 12.1. The van der Waals surface area contributed by atoms with Gasteiger partial charge in [-0.05, 0) is 26.0 Å². The molecule has 0 atom stereocenters. The SMILES string of the molecule is CC(C)N(C)S(=O)(=O)Nc1ccc(-n2ccc(=O)[nH]2)c(F)c1. The fourth-order valence-electron chi connectivity index (χ4n) is 1.74. The fraction of sp³-hybridized carbons (Fsp3) is 0.308. The van der Waals surface area contributed by atoms with Gasteiger partial charge in [0.2, 0.25) is 0 Å². The van der Waals surface area contributed by atoms with E-state index in [1.54, 1.807) is 13.8 Å². The summed E-state index contributed by atoms with van der Waals surface area (Å²) in [5, 5.41) is 2.41. The van der Waals surface area contributed by atoms with Crippen LogP contribution in [0.5, 0.6) is 0 Å². The van der Waals surface area contributed by atoms with Crippen LogP contribution in [0.15, 0.2) is 35.3 Å². The molecular weight excluding hydrogens is 311 g/mol. The van der Waals surface area contributed by atoms with Gasteiger partial charge in [-0.25, -0.2) is 4.39 Å². The van der Waals surface area contributed by atoms with Crippen LogP contribution >= 0.6 is 0 Å². The van der Waals surface area contributed by atoms with E-state index in [4.69, 9.17) is 0 Å². The number of anilines is 1. The van der Waals surface area contributed by atoms with Crippen molar-refractivity contribution in [1.29, 1.82) is 0 Å². The van der Waals surface area contributed by atoms with E-state index in [1.165, 1.54) is 36.1 Å². The second kappa shape index (κ2) is 5.93. The first-order valence-corrected chi connectivity index (χ1v) is 7.98. The predicted molar refractivity (Wildman–Crippen MR) is 81.8 cm³/mol. The highest BCUT2D eigenvalue weighted by molar-refractivity contribution is 7.90. The van der Waals surface area contributed by atoms with Crippen LogP contribution in [0.25, 0.3) is 5.69 Å². The van der Waals surface area contributed by atoms with Crippen molar-refractivity contribution in [3.63, 3.8) is 0 Å². The molecule has 0 fully saturated rings. The lowest BCUT2D eigenvalue weighted by atomic mass is 10.3. The molecule has 0 radical (unpaired) electrons. The lowest BCUT2D eigenvalue weighted by Crippen LogP contribution is -2.37. The van der Waals surface area contributed by atoms with Gasteiger partial charge in [-0.15, -0.1) is 0 Å². The highest BCUT2D eigenvalue weighted by atomic mass is 32.2. The van der Waals surface area contributed by atoms with Crippen LogP contribution in [0.2, 0.25) is 0 Å². The van der Waals surface area contributed by atoms with E-state index < -0.39 is 16.0 Å². The van der Waals surface area contributed by atoms with Crippen molar-refractivity contribution in [2.45, 2.75) is 19.9 Å². The monoisotopic (exact) mass is 328 g/mol. The van der Waals surface area contributed by atoms with E-state index in [1.807, 2.05) is 0 Å². The molecule has 0 amide bonds. The number of benzene rings is 1. The van der Waals surface area contributed by atoms with E-state index in [2.05, 4.69) is 9.82 Å². The number of nitrogens with zero attached hydrogens (tertiary/aromatic N) is 2. The van der Waals surface area contributed by atoms with Crippen molar-refractivity contribution >= 4 is 15.9 Å². The Hall–Kier alpha value is -2.13. The smallest absolute Gasteiger partial charge is 0.271 e. The molecule has 1 aromatic heterocycles. The molecule has 0 aliphatic heterocycles. The third kappa shape index (κ3) is 3.37. The van der Waals surface area contributed by atoms with Gasteiger partial charge >= 0.3 is 10.2 Å². The molecule has 0 aliphatic carbocycles. The minimum Gasteiger partial charge on any atom is -0.271 e. The van der Waals surface area contributed by atoms with Crippen LogP contribution in [0.3, 0.4) is 0 Å². The Labute approximate surface area is 127 Å². The zero-order valence-corrected chi connectivity index (χ0v) is 13.2. The Kier molecular flexibility index (Phi) is 4.38. The zero-order valence-electron chi connectivity index (χ0n) is 12.4. The van der Waals surface area contributed by atoms with Crippen LogP contribution in [0.1, 0.15) is 13.8 Å². The maximum atomic E-state index is 14.1. The maximum Gasteiger partial charge on any atom is 0.301 e. The van der Waals surface area contributed by atoms with Crippen molar-refractivity contribution in [2.75, 3.05) is 11.8 Å². The molecule has 0 saturated heterocycles. The second-order valence-corrected chi connectivity index (χ2v) is 6.78. The van der Waals surface area contributed by atoms with Crippen LogP contribution in [0.4, 0.5) is 10.1 Å². The minimum atomic E-state index is -3.75. The van der Waals surface area contributed by atoms with Crippen molar-refractivity contribution < 1.29 is 12.8 Å². The van der Waals surface area contributed by atoms with Gasteiger partial charge in [0.25, 0.3) is 5.56 Å². The number of halogens is 1. The molecule has 9 heteroatoms. The molecule has 22 heavy (non-hydrogen) atoms. The zero-order chi connectivity index (χ0) is 16.5. The van der Waals surface area contributed by atoms with Gasteiger partial charge in [-0.3, -0.25) is 19.3 Å². The summed E-state index contributed by atoms with van der Waals surface area (Å²) in [5.74, 6) is -0.667. The highest BCUT2D eigenvalue weighted by Crippen LogP contribution is 2.19. The minimum absolute atomic E-state index is 0.100. The lowest BCUT2D eigenvalue weighted by molar-refractivity contribution is 0.414. The Bertz CT molecular complexity index is 826. The summed E-state index contributed by atoms with van der Waals surface area (Å²) in [5.41, 5.74) is -0.145. The van der Waals surface area contributed by atoms with Gasteiger partial charge in [0, 0.05) is 31.4 Å². The van der Waals surface area contributed by atoms with Gasteiger partial charge in [0.1, 0.15) is 0 Å². The number of hydrogen-bond donors (Lipinski definition) is 2. The van der Waals surface area contributed by atoms with E-state index in [-0.39, 0.29) is 23.0 Å². The standard InChI is InChI=1S/C13H17FN4O3S/c1-9(2)17(3)22(20,21)16-10-4-5-12(11(14)8-10)18-7-6-13(19)15-18/h4-9,16H,1-3H3,(H,15,19). The summed E-state index contributed by atoms with van der Waals surface area (Å²) in [6.45, 7) is 3.45. The molecule has 0 bridgehead atoms. The molecule has 0 unspecified atom stereocenters. The molecule has 7 nitrogen and oxygen atoms in total. The Balaban J connectivity index is 2.29. The largest absolute Gasteiger partial charge is 0.301 e. The van der Waals surface area contributed by atoms with Crippen molar-refractivity contribution in [3.8, 4) is 5.69 Å². The summed E-state index contributed by atoms with van der Waals surface area (Å²) < 4.78 is 42.9. The molecule has 0 spiro atoms. The topological polar surface area (TPSA) is 87.2 Å². The van der Waals surface area contributed by atoms with Gasteiger partial charge in [-0.2, -0.15) is 12.7 Å². The highest BCUT2D eigenvalue weighted by Gasteiger charge is 2.20. The van der Waals surface area contributed by atoms with E-state index in [0.29, 0.717) is 0 Å². The Morgan fingerprint density at radius 3 is 2.50 bits per heavy atom. The quantitative estimate of drug-likeness (QED) is 0.867. The second-order valence-electron chi connectivity index (χ2n) is 5.05. The summed E-state index contributed by atoms with van der Waals surface area (Å²) in [6, 6.07) is 4.88. The Morgan fingerprint density at radius 1 is 1.32 bits per heavy atom. The van der Waals surface area contributed by atoms with Crippen molar-refractivity contribution in [2.24, 2.45) is 0 Å². The summed E-state index contributed by atoms with van der Waals surface area (Å²) >= 11 is 0. The molecule has 0 saturated carbocycles. The van der Waals surface area contributed by atoms with E-state index in [0.717, 1.165) is 10.4 Å².